The normalized spacial score (nSPS) is 26.9. The fourth-order valence-electron chi connectivity index (χ4n) is 4.34. The molecule has 1 aliphatic heterocycles. The molecule has 0 N–H and O–H groups in total. The van der Waals surface area contributed by atoms with Crippen LogP contribution in [-0.2, 0) is 19.1 Å². The van der Waals surface area contributed by atoms with Gasteiger partial charge in [0.2, 0.25) is 0 Å². The summed E-state index contributed by atoms with van der Waals surface area (Å²) in [5.74, 6) is -0.439. The van der Waals surface area contributed by atoms with Crippen molar-refractivity contribution < 1.29 is 23.9 Å². The average Bonchev–Trinajstić information content (AvgIpc) is 3.33. The molecule has 1 aromatic carbocycles. The van der Waals surface area contributed by atoms with Crippen LogP contribution in [0.1, 0.15) is 25.8 Å². The first-order valence-corrected chi connectivity index (χ1v) is 11.8. The molecule has 1 saturated carbocycles. The van der Waals surface area contributed by atoms with Crippen molar-refractivity contribution in [2.24, 2.45) is 28.8 Å². The van der Waals surface area contributed by atoms with Crippen molar-refractivity contribution >= 4 is 69.2 Å². The number of allylic oxidation sites excluding steroid dienone is 2. The summed E-state index contributed by atoms with van der Waals surface area (Å²) >= 11 is 4.23. The van der Waals surface area contributed by atoms with Crippen LogP contribution in [0.5, 0.6) is 5.75 Å². The van der Waals surface area contributed by atoms with Crippen LogP contribution in [0.4, 0.5) is 0 Å². The second-order valence-corrected chi connectivity index (χ2v) is 10.2. The highest BCUT2D eigenvalue weighted by Gasteiger charge is 2.59. The zero-order valence-corrected chi connectivity index (χ0v) is 20.7. The summed E-state index contributed by atoms with van der Waals surface area (Å²) in [6.07, 6.45) is 6.34. The Morgan fingerprint density at radius 3 is 2.27 bits per heavy atom. The molecular weight excluding hydrogens is 614 g/mol. The topological polar surface area (TPSA) is 85.3 Å². The molecule has 4 atom stereocenters. The van der Waals surface area contributed by atoms with Crippen LogP contribution < -0.4 is 4.74 Å². The monoisotopic (exact) mass is 634 g/mol. The highest BCUT2D eigenvalue weighted by atomic mass is 127. The fourth-order valence-corrected chi connectivity index (χ4v) is 6.47. The van der Waals surface area contributed by atoms with E-state index in [1.54, 1.807) is 13.8 Å². The Balaban J connectivity index is 1.45. The Morgan fingerprint density at radius 1 is 1.17 bits per heavy atom. The van der Waals surface area contributed by atoms with Gasteiger partial charge in [-0.05, 0) is 95.0 Å². The number of halogens is 2. The molecule has 3 aliphatic rings. The van der Waals surface area contributed by atoms with Crippen molar-refractivity contribution in [2.75, 3.05) is 6.61 Å². The highest BCUT2D eigenvalue weighted by molar-refractivity contribution is 14.1. The van der Waals surface area contributed by atoms with Gasteiger partial charge in [-0.25, -0.2) is 4.79 Å². The standard InChI is InChI=1S/C21H20I2N2O5/c1-10(2)30-16(26)9-29-19-14(22)5-11(6-15(19)23)8-24-25-20(27)17-12-3-4-13(7-12)18(17)21(25)28/h3-6,8,10,12-13,17-18H,7,9H2,1-2H3/t12-,13-,17-,18+/m0/s1. The number of hydrazone groups is 1. The van der Waals surface area contributed by atoms with Crippen LogP contribution in [0.15, 0.2) is 29.4 Å². The van der Waals surface area contributed by atoms with Crippen LogP contribution in [0.2, 0.25) is 0 Å². The minimum Gasteiger partial charge on any atom is -0.480 e. The Kier molecular flexibility index (Phi) is 6.20. The molecule has 158 valence electrons. The summed E-state index contributed by atoms with van der Waals surface area (Å²) in [7, 11) is 0. The number of carbonyl (C=O) groups excluding carboxylic acids is 3. The summed E-state index contributed by atoms with van der Waals surface area (Å²) in [5, 5.41) is 5.25. The summed E-state index contributed by atoms with van der Waals surface area (Å²) in [5.41, 5.74) is 0.736. The number of hydrogen-bond acceptors (Lipinski definition) is 6. The van der Waals surface area contributed by atoms with Gasteiger partial charge >= 0.3 is 5.97 Å². The van der Waals surface area contributed by atoms with Crippen LogP contribution >= 0.6 is 45.2 Å². The zero-order chi connectivity index (χ0) is 21.6. The predicted molar refractivity (Wildman–Crippen MR) is 126 cm³/mol. The van der Waals surface area contributed by atoms with Crippen LogP contribution in [0, 0.1) is 30.8 Å². The van der Waals surface area contributed by atoms with E-state index >= 15 is 0 Å². The molecule has 2 bridgehead atoms. The van der Waals surface area contributed by atoms with Crippen molar-refractivity contribution in [1.29, 1.82) is 0 Å². The van der Waals surface area contributed by atoms with Gasteiger partial charge in [-0.15, -0.1) is 0 Å². The van der Waals surface area contributed by atoms with E-state index < -0.39 is 5.97 Å². The van der Waals surface area contributed by atoms with Gasteiger partial charge in [-0.2, -0.15) is 10.1 Å². The van der Waals surface area contributed by atoms with Crippen LogP contribution in [0.3, 0.4) is 0 Å². The number of fused-ring (bicyclic) bond motifs is 5. The first-order chi connectivity index (χ1) is 14.3. The first kappa shape index (κ1) is 21.7. The second-order valence-electron chi connectivity index (χ2n) is 7.87. The van der Waals surface area contributed by atoms with Gasteiger partial charge in [-0.1, -0.05) is 12.2 Å². The summed E-state index contributed by atoms with van der Waals surface area (Å²) < 4.78 is 12.3. The van der Waals surface area contributed by atoms with Crippen LogP contribution in [0.25, 0.3) is 0 Å². The summed E-state index contributed by atoms with van der Waals surface area (Å²) in [4.78, 5) is 37.1. The average molecular weight is 634 g/mol. The van der Waals surface area contributed by atoms with Gasteiger partial charge in [0.25, 0.3) is 11.8 Å². The Morgan fingerprint density at radius 2 is 1.73 bits per heavy atom. The van der Waals surface area contributed by atoms with E-state index in [0.29, 0.717) is 5.75 Å². The second kappa shape index (κ2) is 8.56. The fraction of sp³-hybridized carbons (Fsp3) is 0.429. The zero-order valence-electron chi connectivity index (χ0n) is 16.4. The molecule has 9 heteroatoms. The minimum absolute atomic E-state index is 0.164. The summed E-state index contributed by atoms with van der Waals surface area (Å²) in [6, 6.07) is 3.65. The molecule has 2 fully saturated rings. The third kappa shape index (κ3) is 4.02. The van der Waals surface area contributed by atoms with Gasteiger partial charge in [0, 0.05) is 0 Å². The Hall–Kier alpha value is -1.50. The Labute approximate surface area is 201 Å². The lowest BCUT2D eigenvalue weighted by molar-refractivity contribution is -0.149. The Bertz CT molecular complexity index is 921. The number of esters is 1. The molecule has 1 heterocycles. The van der Waals surface area contributed by atoms with E-state index in [0.717, 1.165) is 24.1 Å². The molecule has 0 unspecified atom stereocenters. The number of rotatable bonds is 6. The maximum atomic E-state index is 12.7. The predicted octanol–water partition coefficient (Wildman–Crippen LogP) is 3.37. The minimum atomic E-state index is -0.428. The third-order valence-corrected chi connectivity index (χ3v) is 7.09. The van der Waals surface area contributed by atoms with Crippen molar-refractivity contribution in [3.05, 3.63) is 37.0 Å². The number of hydrogen-bond donors (Lipinski definition) is 0. The number of nitrogens with zero attached hydrogens (tertiary/aromatic N) is 2. The van der Waals surface area contributed by atoms with Gasteiger partial charge in [0.05, 0.1) is 31.3 Å². The van der Waals surface area contributed by atoms with Gasteiger partial charge in [0.15, 0.2) is 6.61 Å². The first-order valence-electron chi connectivity index (χ1n) is 9.67. The lowest BCUT2D eigenvalue weighted by atomic mass is 9.85. The van der Waals surface area contributed by atoms with Gasteiger partial charge < -0.3 is 9.47 Å². The number of carbonyl (C=O) groups is 3. The molecule has 4 rings (SSSR count). The van der Waals surface area contributed by atoms with Crippen molar-refractivity contribution in [2.45, 2.75) is 26.4 Å². The number of imide groups is 1. The van der Waals surface area contributed by atoms with Crippen molar-refractivity contribution in [3.63, 3.8) is 0 Å². The highest BCUT2D eigenvalue weighted by Crippen LogP contribution is 2.52. The van der Waals surface area contributed by atoms with Crippen molar-refractivity contribution in [3.8, 4) is 5.75 Å². The molecule has 0 radical (unpaired) electrons. The molecule has 0 spiro atoms. The van der Waals surface area contributed by atoms with E-state index in [4.69, 9.17) is 9.47 Å². The lowest BCUT2D eigenvalue weighted by Gasteiger charge is -2.13. The molecule has 2 amide bonds. The third-order valence-electron chi connectivity index (χ3n) is 5.49. The largest absolute Gasteiger partial charge is 0.480 e. The van der Waals surface area contributed by atoms with E-state index in [1.807, 2.05) is 12.1 Å². The molecule has 0 aromatic heterocycles. The van der Waals surface area contributed by atoms with E-state index in [2.05, 4.69) is 62.4 Å². The maximum absolute atomic E-state index is 12.7. The van der Waals surface area contributed by atoms with Crippen molar-refractivity contribution in [1.82, 2.24) is 5.01 Å². The molecule has 7 nitrogen and oxygen atoms in total. The number of amides is 2. The quantitative estimate of drug-likeness (QED) is 0.158. The molecular formula is C21H20I2N2O5. The maximum Gasteiger partial charge on any atom is 0.344 e. The lowest BCUT2D eigenvalue weighted by Crippen LogP contribution is -2.28. The summed E-state index contributed by atoms with van der Waals surface area (Å²) in [6.45, 7) is 3.39. The van der Waals surface area contributed by atoms with Gasteiger partial charge in [0.1, 0.15) is 5.75 Å². The molecule has 1 aromatic rings. The molecule has 30 heavy (non-hydrogen) atoms. The smallest absolute Gasteiger partial charge is 0.344 e. The van der Waals surface area contributed by atoms with E-state index in [1.165, 1.54) is 6.21 Å². The SMILES string of the molecule is CC(C)OC(=O)COc1c(I)cc(C=NN2C(=O)[C@@H]3[C@H](C2=O)[C@H]2C=C[C@H]3C2)cc1I. The number of ether oxygens (including phenoxy) is 2. The van der Waals surface area contributed by atoms with E-state index in [9.17, 15) is 14.4 Å². The molecule has 2 aliphatic carbocycles. The molecule has 1 saturated heterocycles. The van der Waals surface area contributed by atoms with E-state index in [-0.39, 0.29) is 48.2 Å². The van der Waals surface area contributed by atoms with Gasteiger partial charge in [-0.3, -0.25) is 9.59 Å². The number of benzene rings is 1. The van der Waals surface area contributed by atoms with Crippen LogP contribution in [-0.4, -0.2) is 41.7 Å².